The highest BCUT2D eigenvalue weighted by Gasteiger charge is 2.27. The fourth-order valence-electron chi connectivity index (χ4n) is 3.55. The Labute approximate surface area is 145 Å². The predicted octanol–water partition coefficient (Wildman–Crippen LogP) is 2.25. The number of rotatable bonds is 4. The van der Waals surface area contributed by atoms with Gasteiger partial charge in [0.25, 0.3) is 0 Å². The van der Waals surface area contributed by atoms with Gasteiger partial charge in [-0.2, -0.15) is 0 Å². The van der Waals surface area contributed by atoms with Crippen LogP contribution in [0.5, 0.6) is 0 Å². The summed E-state index contributed by atoms with van der Waals surface area (Å²) in [5.74, 6) is 1.07. The summed E-state index contributed by atoms with van der Waals surface area (Å²) < 4.78 is 0. The van der Waals surface area contributed by atoms with Crippen LogP contribution in [0.4, 0.5) is 5.82 Å². The first-order valence-corrected chi connectivity index (χ1v) is 8.87. The summed E-state index contributed by atoms with van der Waals surface area (Å²) in [6.07, 6.45) is 8.13. The summed E-state index contributed by atoms with van der Waals surface area (Å²) in [5.41, 5.74) is 1.66. The number of pyridine rings is 1. The second-order valence-electron chi connectivity index (χ2n) is 6.53. The van der Waals surface area contributed by atoms with Crippen LogP contribution in [0.2, 0.25) is 0 Å². The molecule has 2 N–H and O–H groups in total. The van der Waals surface area contributed by atoms with Crippen LogP contribution in [0.3, 0.4) is 0 Å². The number of hydrogen-bond donors (Lipinski definition) is 2. The lowest BCUT2D eigenvalue weighted by molar-refractivity contribution is -0.125. The fourth-order valence-corrected chi connectivity index (χ4v) is 3.55. The number of aromatic nitrogens is 4. The maximum Gasteiger partial charge on any atom is 0.224 e. The van der Waals surface area contributed by atoms with Crippen LogP contribution in [0.15, 0.2) is 24.8 Å². The highest BCUT2D eigenvalue weighted by Crippen LogP contribution is 2.31. The van der Waals surface area contributed by atoms with Gasteiger partial charge in [0, 0.05) is 31.2 Å². The Bertz CT molecular complexity index is 905. The van der Waals surface area contributed by atoms with Crippen LogP contribution in [0.25, 0.3) is 21.9 Å². The molecule has 25 heavy (non-hydrogen) atoms. The zero-order valence-corrected chi connectivity index (χ0v) is 14.3. The minimum absolute atomic E-state index is 0.0106. The molecule has 4 rings (SSSR count). The third kappa shape index (κ3) is 2.90. The third-order valence-electron chi connectivity index (χ3n) is 4.80. The second-order valence-corrected chi connectivity index (χ2v) is 6.53. The number of nitrogens with one attached hydrogen (secondary N) is 2. The summed E-state index contributed by atoms with van der Waals surface area (Å²) in [4.78, 5) is 31.1. The van der Waals surface area contributed by atoms with Gasteiger partial charge < -0.3 is 15.2 Å². The number of hydrogen-bond acceptors (Lipinski definition) is 5. The molecule has 1 fully saturated rings. The highest BCUT2D eigenvalue weighted by molar-refractivity contribution is 6.08. The normalized spacial score (nSPS) is 18.0. The molecule has 1 aliphatic heterocycles. The number of carbonyl (C=O) groups is 1. The molecule has 7 nitrogen and oxygen atoms in total. The average Bonchev–Trinajstić information content (AvgIpc) is 3.14. The summed E-state index contributed by atoms with van der Waals surface area (Å²) in [7, 11) is 0. The second kappa shape index (κ2) is 6.66. The molecular weight excluding hydrogens is 316 g/mol. The van der Waals surface area contributed by atoms with E-state index in [0.29, 0.717) is 6.54 Å². The summed E-state index contributed by atoms with van der Waals surface area (Å²) in [6.45, 7) is 4.40. The van der Waals surface area contributed by atoms with Gasteiger partial charge in [-0.05, 0) is 25.3 Å². The van der Waals surface area contributed by atoms with Crippen molar-refractivity contribution in [1.82, 2.24) is 25.3 Å². The van der Waals surface area contributed by atoms with E-state index in [0.717, 1.165) is 60.1 Å². The topological polar surface area (TPSA) is 86.8 Å². The number of fused-ring (bicyclic) bond motifs is 3. The molecule has 0 aromatic carbocycles. The number of piperidine rings is 1. The lowest BCUT2D eigenvalue weighted by Crippen LogP contribution is -2.43. The monoisotopic (exact) mass is 338 g/mol. The van der Waals surface area contributed by atoms with Gasteiger partial charge in [-0.25, -0.2) is 15.0 Å². The van der Waals surface area contributed by atoms with Gasteiger partial charge in [-0.1, -0.05) is 6.92 Å². The van der Waals surface area contributed by atoms with Crippen molar-refractivity contribution in [2.75, 3.05) is 24.5 Å². The maximum atomic E-state index is 12.4. The zero-order valence-electron chi connectivity index (χ0n) is 14.3. The van der Waals surface area contributed by atoms with E-state index < -0.39 is 0 Å². The quantitative estimate of drug-likeness (QED) is 0.762. The highest BCUT2D eigenvalue weighted by atomic mass is 16.1. The molecule has 3 aromatic rings. The van der Waals surface area contributed by atoms with E-state index in [1.165, 1.54) is 0 Å². The fraction of sp³-hybridized carbons (Fsp3) is 0.444. The van der Waals surface area contributed by atoms with Crippen LogP contribution in [0.1, 0.15) is 26.2 Å². The molecule has 0 radical (unpaired) electrons. The average molecular weight is 338 g/mol. The standard InChI is InChI=1S/C18H22N6O/c1-2-6-20-18(25)12-4-3-8-24(10-12)17-15-13-5-7-19-16(13)21-9-14(15)22-11-23-17/h5,7,9,11-12H,2-4,6,8,10H2,1H3,(H,20,25)(H,22,23). The van der Waals surface area contributed by atoms with E-state index in [1.807, 2.05) is 6.07 Å². The van der Waals surface area contributed by atoms with Gasteiger partial charge in [0.1, 0.15) is 5.82 Å². The van der Waals surface area contributed by atoms with Gasteiger partial charge >= 0.3 is 0 Å². The first kappa shape index (κ1) is 15.8. The summed E-state index contributed by atoms with van der Waals surface area (Å²) in [5, 5.41) is 5.05. The Kier molecular flexibility index (Phi) is 4.21. The maximum absolute atomic E-state index is 12.4. The van der Waals surface area contributed by atoms with E-state index >= 15 is 0 Å². The number of H-pyrrole nitrogens is 1. The van der Waals surface area contributed by atoms with E-state index in [-0.39, 0.29) is 11.8 Å². The summed E-state index contributed by atoms with van der Waals surface area (Å²) >= 11 is 0. The van der Waals surface area contributed by atoms with Gasteiger partial charge in [-0.15, -0.1) is 0 Å². The van der Waals surface area contributed by atoms with Crippen LogP contribution in [0, 0.1) is 5.92 Å². The van der Waals surface area contributed by atoms with Gasteiger partial charge in [0.15, 0.2) is 5.65 Å². The molecule has 1 saturated heterocycles. The third-order valence-corrected chi connectivity index (χ3v) is 4.80. The van der Waals surface area contributed by atoms with Crippen molar-refractivity contribution in [2.45, 2.75) is 26.2 Å². The van der Waals surface area contributed by atoms with Crippen molar-refractivity contribution >= 4 is 33.7 Å². The molecule has 4 heterocycles. The van der Waals surface area contributed by atoms with Crippen LogP contribution < -0.4 is 10.2 Å². The van der Waals surface area contributed by atoms with Crippen molar-refractivity contribution in [3.05, 3.63) is 24.8 Å². The smallest absolute Gasteiger partial charge is 0.224 e. The first-order valence-electron chi connectivity index (χ1n) is 8.87. The van der Waals surface area contributed by atoms with Crippen LogP contribution in [-0.4, -0.2) is 45.5 Å². The Morgan fingerprint density at radius 3 is 3.20 bits per heavy atom. The zero-order chi connectivity index (χ0) is 17.2. The molecule has 0 spiro atoms. The Hall–Kier alpha value is -2.70. The first-order chi connectivity index (χ1) is 12.3. The van der Waals surface area contributed by atoms with Gasteiger partial charge in [-0.3, -0.25) is 4.79 Å². The molecule has 1 aliphatic rings. The van der Waals surface area contributed by atoms with E-state index in [9.17, 15) is 4.79 Å². The number of amides is 1. The largest absolute Gasteiger partial charge is 0.356 e. The van der Waals surface area contributed by atoms with Crippen molar-refractivity contribution in [3.63, 3.8) is 0 Å². The molecule has 0 aliphatic carbocycles. The Morgan fingerprint density at radius 1 is 1.40 bits per heavy atom. The lowest BCUT2D eigenvalue weighted by Gasteiger charge is -2.33. The molecule has 1 atom stereocenters. The molecule has 7 heteroatoms. The number of nitrogens with zero attached hydrogens (tertiary/aromatic N) is 4. The minimum Gasteiger partial charge on any atom is -0.356 e. The van der Waals surface area contributed by atoms with E-state index in [4.69, 9.17) is 0 Å². The van der Waals surface area contributed by atoms with Crippen LogP contribution in [-0.2, 0) is 4.79 Å². The molecule has 3 aromatic heterocycles. The number of anilines is 1. The SMILES string of the molecule is CCCNC(=O)C1CCCN(c2nc[nH]c3cnc4nccc4c23)C1. The van der Waals surface area contributed by atoms with Gasteiger partial charge in [0.2, 0.25) is 5.91 Å². The molecular formula is C18H22N6O. The van der Waals surface area contributed by atoms with Crippen molar-refractivity contribution in [2.24, 2.45) is 5.92 Å². The van der Waals surface area contributed by atoms with Crippen molar-refractivity contribution in [3.8, 4) is 0 Å². The van der Waals surface area contributed by atoms with Gasteiger partial charge in [0.05, 0.1) is 29.3 Å². The molecule has 0 saturated carbocycles. The summed E-state index contributed by atoms with van der Waals surface area (Å²) in [6, 6.07) is 1.97. The Balaban J connectivity index is 1.69. The van der Waals surface area contributed by atoms with E-state index in [2.05, 4.69) is 37.1 Å². The lowest BCUT2D eigenvalue weighted by atomic mass is 9.96. The minimum atomic E-state index is 0.0106. The van der Waals surface area contributed by atoms with Crippen molar-refractivity contribution in [1.29, 1.82) is 0 Å². The molecule has 0 bridgehead atoms. The Morgan fingerprint density at radius 2 is 2.32 bits per heavy atom. The molecule has 1 unspecified atom stereocenters. The predicted molar refractivity (Wildman–Crippen MR) is 97.4 cm³/mol. The molecule has 130 valence electrons. The number of aromatic amines is 1. The van der Waals surface area contributed by atoms with Crippen LogP contribution >= 0.6 is 0 Å². The van der Waals surface area contributed by atoms with E-state index in [1.54, 1.807) is 18.7 Å². The van der Waals surface area contributed by atoms with Crippen molar-refractivity contribution < 1.29 is 4.79 Å². The molecule has 1 amide bonds. The number of carbonyl (C=O) groups excluding carboxylic acids is 1.